The first-order chi connectivity index (χ1) is 11.1. The van der Waals surface area contributed by atoms with E-state index < -0.39 is 5.97 Å². The van der Waals surface area contributed by atoms with Crippen molar-refractivity contribution in [3.8, 4) is 5.75 Å². The molecule has 23 heavy (non-hydrogen) atoms. The number of aromatic nitrogens is 2. The lowest BCUT2D eigenvalue weighted by atomic mass is 10.2. The van der Waals surface area contributed by atoms with Crippen molar-refractivity contribution in [1.82, 2.24) is 9.97 Å². The van der Waals surface area contributed by atoms with Gasteiger partial charge in [0.25, 0.3) is 0 Å². The number of hydrogen-bond donors (Lipinski definition) is 2. The van der Waals surface area contributed by atoms with Gasteiger partial charge in [-0.3, -0.25) is 0 Å². The van der Waals surface area contributed by atoms with Gasteiger partial charge >= 0.3 is 5.97 Å². The largest absolute Gasteiger partial charge is 0.494 e. The van der Waals surface area contributed by atoms with Gasteiger partial charge in [0.1, 0.15) is 27.6 Å². The Labute approximate surface area is 136 Å². The molecule has 0 saturated carbocycles. The van der Waals surface area contributed by atoms with Crippen LogP contribution >= 0.6 is 11.3 Å². The molecule has 0 saturated heterocycles. The zero-order chi connectivity index (χ0) is 16.4. The van der Waals surface area contributed by atoms with Crippen LogP contribution in [0.2, 0.25) is 0 Å². The second-order valence-electron chi connectivity index (χ2n) is 4.85. The van der Waals surface area contributed by atoms with Crippen molar-refractivity contribution in [1.29, 1.82) is 0 Å². The molecule has 3 aromatic rings. The quantitative estimate of drug-likeness (QED) is 0.740. The summed E-state index contributed by atoms with van der Waals surface area (Å²) in [5, 5.41) is 13.2. The third-order valence-corrected chi connectivity index (χ3v) is 4.54. The highest BCUT2D eigenvalue weighted by atomic mass is 32.1. The molecule has 0 radical (unpaired) electrons. The summed E-state index contributed by atoms with van der Waals surface area (Å²) in [6.45, 7) is 4.32. The molecule has 3 rings (SSSR count). The fourth-order valence-electron chi connectivity index (χ4n) is 2.31. The number of carboxylic acid groups (broad SMARTS) is 1. The number of carboxylic acids is 1. The Bertz CT molecular complexity index is 859. The number of nitrogens with zero attached hydrogens (tertiary/aromatic N) is 2. The van der Waals surface area contributed by atoms with Crippen LogP contribution in [0.5, 0.6) is 5.75 Å². The molecular weight excluding hydrogens is 314 g/mol. The van der Waals surface area contributed by atoms with E-state index in [-0.39, 0.29) is 4.88 Å². The summed E-state index contributed by atoms with van der Waals surface area (Å²) in [5.41, 5.74) is 1.52. The van der Waals surface area contributed by atoms with Crippen molar-refractivity contribution in [2.24, 2.45) is 0 Å². The van der Waals surface area contributed by atoms with E-state index in [1.807, 2.05) is 31.2 Å². The molecule has 7 heteroatoms. The average molecular weight is 329 g/mol. The van der Waals surface area contributed by atoms with Crippen LogP contribution in [-0.2, 0) is 0 Å². The number of ether oxygens (including phenoxy) is 1. The standard InChI is InChI=1S/C16H15N3O3S/c1-3-22-11-6-4-10(5-7-11)19-14-12-9(2)13(16(20)21)23-15(12)18-8-17-14/h4-8H,3H2,1-2H3,(H,20,21)(H,17,18,19). The minimum Gasteiger partial charge on any atom is -0.494 e. The number of benzene rings is 1. The predicted molar refractivity (Wildman–Crippen MR) is 90.0 cm³/mol. The van der Waals surface area contributed by atoms with Crippen LogP contribution in [0.15, 0.2) is 30.6 Å². The molecule has 0 atom stereocenters. The summed E-state index contributed by atoms with van der Waals surface area (Å²) in [4.78, 5) is 20.7. The van der Waals surface area contributed by atoms with Gasteiger partial charge in [0.05, 0.1) is 12.0 Å². The van der Waals surface area contributed by atoms with E-state index >= 15 is 0 Å². The van der Waals surface area contributed by atoms with Gasteiger partial charge in [-0.25, -0.2) is 14.8 Å². The Kier molecular flexibility index (Phi) is 4.12. The van der Waals surface area contributed by atoms with Gasteiger partial charge in [0, 0.05) is 5.69 Å². The molecule has 2 heterocycles. The highest BCUT2D eigenvalue weighted by molar-refractivity contribution is 7.20. The number of thiophene rings is 1. The van der Waals surface area contributed by atoms with Gasteiger partial charge in [0.2, 0.25) is 0 Å². The minimum absolute atomic E-state index is 0.287. The summed E-state index contributed by atoms with van der Waals surface area (Å²) < 4.78 is 5.41. The van der Waals surface area contributed by atoms with Crippen LogP contribution in [-0.4, -0.2) is 27.7 Å². The number of nitrogens with one attached hydrogen (secondary N) is 1. The lowest BCUT2D eigenvalue weighted by molar-refractivity contribution is 0.0701. The summed E-state index contributed by atoms with van der Waals surface area (Å²) in [6.07, 6.45) is 1.43. The predicted octanol–water partition coefficient (Wildman–Crippen LogP) is 3.84. The van der Waals surface area contributed by atoms with E-state index in [1.165, 1.54) is 6.33 Å². The molecule has 0 fully saturated rings. The van der Waals surface area contributed by atoms with E-state index in [4.69, 9.17) is 4.74 Å². The number of aromatic carboxylic acids is 1. The summed E-state index contributed by atoms with van der Waals surface area (Å²) >= 11 is 1.16. The first kappa shape index (κ1) is 15.2. The van der Waals surface area contributed by atoms with E-state index in [9.17, 15) is 9.90 Å². The van der Waals surface area contributed by atoms with E-state index in [2.05, 4.69) is 15.3 Å². The Morgan fingerprint density at radius 1 is 1.30 bits per heavy atom. The summed E-state index contributed by atoms with van der Waals surface area (Å²) in [5.74, 6) is 0.448. The van der Waals surface area contributed by atoms with Crippen LogP contribution in [0, 0.1) is 6.92 Å². The van der Waals surface area contributed by atoms with Crippen molar-refractivity contribution in [2.45, 2.75) is 13.8 Å². The van der Waals surface area contributed by atoms with E-state index in [0.717, 1.165) is 28.2 Å². The molecule has 0 aliphatic rings. The van der Waals surface area contributed by atoms with Crippen molar-refractivity contribution < 1.29 is 14.6 Å². The third kappa shape index (κ3) is 2.95. The lowest BCUT2D eigenvalue weighted by Crippen LogP contribution is -1.97. The zero-order valence-corrected chi connectivity index (χ0v) is 13.5. The van der Waals surface area contributed by atoms with Crippen molar-refractivity contribution in [2.75, 3.05) is 11.9 Å². The smallest absolute Gasteiger partial charge is 0.346 e. The highest BCUT2D eigenvalue weighted by Gasteiger charge is 2.18. The number of carbonyl (C=O) groups is 1. The summed E-state index contributed by atoms with van der Waals surface area (Å²) in [6, 6.07) is 7.51. The average Bonchev–Trinajstić information content (AvgIpc) is 2.88. The SMILES string of the molecule is CCOc1ccc(Nc2ncnc3sc(C(=O)O)c(C)c23)cc1. The van der Waals surface area contributed by atoms with Gasteiger partial charge in [0.15, 0.2) is 0 Å². The maximum atomic E-state index is 11.3. The third-order valence-electron chi connectivity index (χ3n) is 3.35. The number of anilines is 2. The lowest BCUT2D eigenvalue weighted by Gasteiger charge is -2.08. The maximum absolute atomic E-state index is 11.3. The first-order valence-electron chi connectivity index (χ1n) is 7.07. The molecule has 0 unspecified atom stereocenters. The molecule has 118 valence electrons. The number of aryl methyl sites for hydroxylation is 1. The van der Waals surface area contributed by atoms with Crippen molar-refractivity contribution in [3.63, 3.8) is 0 Å². The van der Waals surface area contributed by atoms with E-state index in [0.29, 0.717) is 22.8 Å². The Balaban J connectivity index is 1.98. The fourth-order valence-corrected chi connectivity index (χ4v) is 3.30. The molecule has 6 nitrogen and oxygen atoms in total. The van der Waals surface area contributed by atoms with Crippen LogP contribution in [0.3, 0.4) is 0 Å². The van der Waals surface area contributed by atoms with Gasteiger partial charge in [-0.05, 0) is 43.7 Å². The molecular formula is C16H15N3O3S. The van der Waals surface area contributed by atoms with Crippen LogP contribution in [0.4, 0.5) is 11.5 Å². The monoisotopic (exact) mass is 329 g/mol. The van der Waals surface area contributed by atoms with Crippen LogP contribution < -0.4 is 10.1 Å². The molecule has 0 amide bonds. The second kappa shape index (κ2) is 6.21. The normalized spacial score (nSPS) is 10.7. The van der Waals surface area contributed by atoms with Gasteiger partial charge in [-0.1, -0.05) is 0 Å². The Hall–Kier alpha value is -2.67. The molecule has 0 aliphatic heterocycles. The molecule has 2 aromatic heterocycles. The molecule has 2 N–H and O–H groups in total. The molecule has 0 aliphatic carbocycles. The Morgan fingerprint density at radius 3 is 2.70 bits per heavy atom. The van der Waals surface area contributed by atoms with Crippen LogP contribution in [0.1, 0.15) is 22.2 Å². The fraction of sp³-hybridized carbons (Fsp3) is 0.188. The van der Waals surface area contributed by atoms with Gasteiger partial charge in [-0.2, -0.15) is 0 Å². The zero-order valence-electron chi connectivity index (χ0n) is 12.7. The molecule has 0 spiro atoms. The maximum Gasteiger partial charge on any atom is 0.346 e. The molecule has 0 bridgehead atoms. The van der Waals surface area contributed by atoms with Crippen LogP contribution in [0.25, 0.3) is 10.2 Å². The number of hydrogen-bond acceptors (Lipinski definition) is 6. The van der Waals surface area contributed by atoms with Gasteiger partial charge in [-0.15, -0.1) is 11.3 Å². The van der Waals surface area contributed by atoms with Crippen molar-refractivity contribution >= 4 is 39.0 Å². The summed E-state index contributed by atoms with van der Waals surface area (Å²) in [7, 11) is 0. The topological polar surface area (TPSA) is 84.3 Å². The number of fused-ring (bicyclic) bond motifs is 1. The van der Waals surface area contributed by atoms with Crippen molar-refractivity contribution in [3.05, 3.63) is 41.0 Å². The number of rotatable bonds is 5. The minimum atomic E-state index is -0.947. The second-order valence-corrected chi connectivity index (χ2v) is 5.85. The first-order valence-corrected chi connectivity index (χ1v) is 7.89. The Morgan fingerprint density at radius 2 is 2.04 bits per heavy atom. The van der Waals surface area contributed by atoms with Gasteiger partial charge < -0.3 is 15.2 Å². The van der Waals surface area contributed by atoms with E-state index in [1.54, 1.807) is 6.92 Å². The molecule has 1 aromatic carbocycles. The highest BCUT2D eigenvalue weighted by Crippen LogP contribution is 2.34.